The zero-order valence-electron chi connectivity index (χ0n) is 14.8. The zero-order chi connectivity index (χ0) is 19.6. The molecule has 27 heavy (non-hydrogen) atoms. The van der Waals surface area contributed by atoms with Crippen molar-refractivity contribution in [3.8, 4) is 0 Å². The third kappa shape index (κ3) is 3.85. The van der Waals surface area contributed by atoms with Crippen LogP contribution in [0.2, 0.25) is 5.02 Å². The Bertz CT molecular complexity index is 1040. The topological polar surface area (TPSA) is 77.4 Å². The Kier molecular flexibility index (Phi) is 5.28. The summed E-state index contributed by atoms with van der Waals surface area (Å²) in [6.07, 6.45) is 1.49. The van der Waals surface area contributed by atoms with E-state index < -0.39 is 5.97 Å². The van der Waals surface area contributed by atoms with Crippen LogP contribution in [0.25, 0.3) is 10.9 Å². The van der Waals surface area contributed by atoms with Crippen LogP contribution >= 0.6 is 11.6 Å². The standard InChI is InChI=1S/C20H17ClN2O4/c1-3-27-20(26)13-4-7-15(8-5-13)22-19(25)17-11-23(12(2)24)18-10-14(21)6-9-16(17)18/h4-11H,3H2,1-2H3,(H,22,25). The Morgan fingerprint density at radius 3 is 2.44 bits per heavy atom. The molecule has 138 valence electrons. The zero-order valence-corrected chi connectivity index (χ0v) is 15.5. The number of nitrogens with one attached hydrogen (secondary N) is 1. The van der Waals surface area contributed by atoms with E-state index >= 15 is 0 Å². The fourth-order valence-corrected chi connectivity index (χ4v) is 2.91. The first-order valence-corrected chi connectivity index (χ1v) is 8.68. The second-order valence-electron chi connectivity index (χ2n) is 5.85. The first kappa shape index (κ1) is 18.7. The quantitative estimate of drug-likeness (QED) is 0.677. The van der Waals surface area contributed by atoms with Crippen LogP contribution in [0.5, 0.6) is 0 Å². The van der Waals surface area contributed by atoms with Crippen LogP contribution in [-0.2, 0) is 4.74 Å². The van der Waals surface area contributed by atoms with E-state index in [2.05, 4.69) is 5.32 Å². The second-order valence-corrected chi connectivity index (χ2v) is 6.28. The molecule has 0 bridgehead atoms. The molecule has 1 N–H and O–H groups in total. The second kappa shape index (κ2) is 7.63. The molecule has 3 rings (SSSR count). The SMILES string of the molecule is CCOC(=O)c1ccc(NC(=O)c2cn(C(C)=O)c3cc(Cl)ccc23)cc1. The maximum absolute atomic E-state index is 12.7. The molecule has 6 nitrogen and oxygen atoms in total. The number of ether oxygens (including phenoxy) is 1. The van der Waals surface area contributed by atoms with Gasteiger partial charge in [-0.3, -0.25) is 14.2 Å². The number of carbonyl (C=O) groups is 3. The maximum atomic E-state index is 12.7. The lowest BCUT2D eigenvalue weighted by Crippen LogP contribution is -2.12. The summed E-state index contributed by atoms with van der Waals surface area (Å²) >= 11 is 6.01. The van der Waals surface area contributed by atoms with Crippen molar-refractivity contribution in [3.63, 3.8) is 0 Å². The summed E-state index contributed by atoms with van der Waals surface area (Å²) in [5.41, 5.74) is 1.84. The van der Waals surface area contributed by atoms with Crippen molar-refractivity contribution < 1.29 is 19.1 Å². The number of halogens is 1. The van der Waals surface area contributed by atoms with Gasteiger partial charge >= 0.3 is 5.97 Å². The number of rotatable bonds is 4. The molecule has 3 aromatic rings. The Hall–Kier alpha value is -3.12. The summed E-state index contributed by atoms with van der Waals surface area (Å²) < 4.78 is 6.32. The largest absolute Gasteiger partial charge is 0.462 e. The number of benzene rings is 2. The minimum atomic E-state index is -0.420. The number of amides is 1. The van der Waals surface area contributed by atoms with E-state index in [4.69, 9.17) is 16.3 Å². The molecule has 1 amide bonds. The van der Waals surface area contributed by atoms with Crippen LogP contribution in [-0.4, -0.2) is 29.0 Å². The third-order valence-electron chi connectivity index (χ3n) is 4.01. The average molecular weight is 385 g/mol. The monoisotopic (exact) mass is 384 g/mol. The van der Waals surface area contributed by atoms with Gasteiger partial charge in [-0.2, -0.15) is 0 Å². The highest BCUT2D eigenvalue weighted by Crippen LogP contribution is 2.26. The number of hydrogen-bond acceptors (Lipinski definition) is 4. The minimum Gasteiger partial charge on any atom is -0.462 e. The van der Waals surface area contributed by atoms with E-state index in [-0.39, 0.29) is 11.8 Å². The van der Waals surface area contributed by atoms with Crippen LogP contribution in [0.4, 0.5) is 5.69 Å². The maximum Gasteiger partial charge on any atom is 0.338 e. The summed E-state index contributed by atoms with van der Waals surface area (Å²) in [6.45, 7) is 3.44. The highest BCUT2D eigenvalue weighted by Gasteiger charge is 2.17. The predicted molar refractivity (Wildman–Crippen MR) is 104 cm³/mol. The van der Waals surface area contributed by atoms with E-state index in [0.717, 1.165) is 0 Å². The highest BCUT2D eigenvalue weighted by atomic mass is 35.5. The van der Waals surface area contributed by atoms with Crippen molar-refractivity contribution in [2.45, 2.75) is 13.8 Å². The minimum absolute atomic E-state index is 0.222. The normalized spacial score (nSPS) is 10.6. The molecular formula is C20H17ClN2O4. The summed E-state index contributed by atoms with van der Waals surface area (Å²) in [7, 11) is 0. The van der Waals surface area contributed by atoms with Crippen LogP contribution in [0.1, 0.15) is 39.4 Å². The van der Waals surface area contributed by atoms with E-state index in [1.807, 2.05) is 0 Å². The van der Waals surface area contributed by atoms with Gasteiger partial charge < -0.3 is 10.1 Å². The number of anilines is 1. The van der Waals surface area contributed by atoms with E-state index in [1.165, 1.54) is 17.7 Å². The molecule has 0 aliphatic rings. The predicted octanol–water partition coefficient (Wildman–Crippen LogP) is 4.38. The fraction of sp³-hybridized carbons (Fsp3) is 0.150. The molecule has 0 saturated carbocycles. The van der Waals surface area contributed by atoms with Crippen molar-refractivity contribution in [3.05, 3.63) is 64.8 Å². The number of fused-ring (bicyclic) bond motifs is 1. The molecule has 0 fully saturated rings. The van der Waals surface area contributed by atoms with Gasteiger partial charge in [-0.1, -0.05) is 17.7 Å². The van der Waals surface area contributed by atoms with Gasteiger partial charge in [0.1, 0.15) is 0 Å². The molecule has 0 radical (unpaired) electrons. The Labute approximate surface area is 160 Å². The molecule has 0 aliphatic carbocycles. The van der Waals surface area contributed by atoms with Crippen LogP contribution in [0.3, 0.4) is 0 Å². The summed E-state index contributed by atoms with van der Waals surface area (Å²) in [5.74, 6) is -1.01. The Balaban J connectivity index is 1.88. The van der Waals surface area contributed by atoms with E-state index in [0.29, 0.717) is 39.3 Å². The highest BCUT2D eigenvalue weighted by molar-refractivity contribution is 6.31. The van der Waals surface area contributed by atoms with Gasteiger partial charge in [-0.15, -0.1) is 0 Å². The summed E-state index contributed by atoms with van der Waals surface area (Å²) in [5, 5.41) is 3.86. The van der Waals surface area contributed by atoms with Gasteiger partial charge in [0.05, 0.1) is 23.3 Å². The van der Waals surface area contributed by atoms with Crippen molar-refractivity contribution in [1.82, 2.24) is 4.57 Å². The molecule has 0 aliphatic heterocycles. The number of aromatic nitrogens is 1. The van der Waals surface area contributed by atoms with Gasteiger partial charge in [0.25, 0.3) is 5.91 Å². The third-order valence-corrected chi connectivity index (χ3v) is 4.24. The number of nitrogens with zero attached hydrogens (tertiary/aromatic N) is 1. The van der Waals surface area contributed by atoms with Gasteiger partial charge in [0.15, 0.2) is 0 Å². The first-order chi connectivity index (χ1) is 12.9. The van der Waals surface area contributed by atoms with Crippen molar-refractivity contribution >= 4 is 46.0 Å². The number of carbonyl (C=O) groups excluding carboxylic acids is 3. The molecule has 2 aromatic carbocycles. The Morgan fingerprint density at radius 2 is 1.81 bits per heavy atom. The first-order valence-electron chi connectivity index (χ1n) is 8.30. The lowest BCUT2D eigenvalue weighted by Gasteiger charge is -2.06. The van der Waals surface area contributed by atoms with Crippen LogP contribution in [0, 0.1) is 0 Å². The fourth-order valence-electron chi connectivity index (χ4n) is 2.74. The molecule has 0 unspecified atom stereocenters. The molecule has 1 heterocycles. The molecule has 1 aromatic heterocycles. The molecule has 0 saturated heterocycles. The van der Waals surface area contributed by atoms with Crippen molar-refractivity contribution in [1.29, 1.82) is 0 Å². The molecular weight excluding hydrogens is 368 g/mol. The van der Waals surface area contributed by atoms with Gasteiger partial charge in [0.2, 0.25) is 5.91 Å². The van der Waals surface area contributed by atoms with Crippen LogP contribution < -0.4 is 5.32 Å². The smallest absolute Gasteiger partial charge is 0.338 e. The van der Waals surface area contributed by atoms with E-state index in [1.54, 1.807) is 49.4 Å². The number of esters is 1. The average Bonchev–Trinajstić information content (AvgIpc) is 3.01. The summed E-state index contributed by atoms with van der Waals surface area (Å²) in [4.78, 5) is 36.3. The van der Waals surface area contributed by atoms with Gasteiger partial charge in [0, 0.05) is 29.2 Å². The van der Waals surface area contributed by atoms with Crippen LogP contribution in [0.15, 0.2) is 48.7 Å². The lowest BCUT2D eigenvalue weighted by atomic mass is 10.1. The number of hydrogen-bond donors (Lipinski definition) is 1. The molecule has 0 spiro atoms. The van der Waals surface area contributed by atoms with Crippen molar-refractivity contribution in [2.75, 3.05) is 11.9 Å². The summed E-state index contributed by atoms with van der Waals surface area (Å²) in [6, 6.07) is 11.4. The van der Waals surface area contributed by atoms with Crippen molar-refractivity contribution in [2.24, 2.45) is 0 Å². The molecule has 0 atom stereocenters. The Morgan fingerprint density at radius 1 is 1.11 bits per heavy atom. The lowest BCUT2D eigenvalue weighted by molar-refractivity contribution is 0.0526. The van der Waals surface area contributed by atoms with Gasteiger partial charge in [-0.25, -0.2) is 4.79 Å². The molecule has 7 heteroatoms. The van der Waals surface area contributed by atoms with E-state index in [9.17, 15) is 14.4 Å². The van der Waals surface area contributed by atoms with Gasteiger partial charge in [-0.05, 0) is 43.3 Å².